The molecule has 4 rings (SSSR count). The number of pyridine rings is 1. The Labute approximate surface area is 170 Å². The summed E-state index contributed by atoms with van der Waals surface area (Å²) < 4.78 is 43.3. The van der Waals surface area contributed by atoms with Gasteiger partial charge in [-0.2, -0.15) is 18.2 Å². The minimum absolute atomic E-state index is 0.0316. The van der Waals surface area contributed by atoms with E-state index >= 15 is 0 Å². The molecule has 0 bridgehead atoms. The van der Waals surface area contributed by atoms with Crippen molar-refractivity contribution in [2.45, 2.75) is 25.6 Å². The van der Waals surface area contributed by atoms with Crippen molar-refractivity contribution < 1.29 is 22.5 Å². The number of hydrogen-bond acceptors (Lipinski definition) is 6. The third-order valence-corrected chi connectivity index (χ3v) is 5.20. The van der Waals surface area contributed by atoms with Crippen molar-refractivity contribution in [3.8, 4) is 11.4 Å². The maximum atomic E-state index is 12.7. The van der Waals surface area contributed by atoms with Gasteiger partial charge in [0.15, 0.2) is 5.78 Å². The molecule has 0 saturated carbocycles. The van der Waals surface area contributed by atoms with Crippen LogP contribution in [0.2, 0.25) is 0 Å². The average Bonchev–Trinajstić information content (AvgIpc) is 3.22. The van der Waals surface area contributed by atoms with Gasteiger partial charge in [0.1, 0.15) is 0 Å². The van der Waals surface area contributed by atoms with Gasteiger partial charge in [-0.25, -0.2) is 0 Å². The van der Waals surface area contributed by atoms with Crippen LogP contribution in [0.15, 0.2) is 53.3 Å². The second-order valence-electron chi connectivity index (χ2n) is 7.24. The van der Waals surface area contributed by atoms with Crippen molar-refractivity contribution in [2.75, 3.05) is 13.1 Å². The molecule has 156 valence electrons. The lowest BCUT2D eigenvalue weighted by Crippen LogP contribution is -2.36. The smallest absolute Gasteiger partial charge is 0.338 e. The first kappa shape index (κ1) is 20.2. The average molecular weight is 416 g/mol. The van der Waals surface area contributed by atoms with Crippen LogP contribution in [-0.2, 0) is 12.7 Å². The summed E-state index contributed by atoms with van der Waals surface area (Å²) in [6, 6.07) is 8.18. The Morgan fingerprint density at radius 1 is 1.13 bits per heavy atom. The molecule has 3 aromatic rings. The third-order valence-electron chi connectivity index (χ3n) is 5.20. The van der Waals surface area contributed by atoms with E-state index in [-0.39, 0.29) is 17.5 Å². The van der Waals surface area contributed by atoms with Gasteiger partial charge in [-0.3, -0.25) is 14.7 Å². The van der Waals surface area contributed by atoms with Gasteiger partial charge in [-0.1, -0.05) is 17.3 Å². The molecular formula is C21H19F3N4O2. The van der Waals surface area contributed by atoms with Crippen LogP contribution in [0.1, 0.15) is 34.7 Å². The molecule has 1 fully saturated rings. The number of piperidine rings is 1. The number of likely N-dealkylation sites (tertiary alicyclic amines) is 1. The Morgan fingerprint density at radius 2 is 1.87 bits per heavy atom. The Bertz CT molecular complexity index is 995. The zero-order valence-electron chi connectivity index (χ0n) is 16.0. The number of aromatic nitrogens is 3. The van der Waals surface area contributed by atoms with Crippen LogP contribution >= 0.6 is 0 Å². The number of alkyl halides is 3. The standard InChI is InChI=1S/C21H19F3N4O2/c22-21(23,24)17-5-3-15(4-6-17)20-26-18(30-27-20)13-28-10-7-14(8-11-28)19(29)16-2-1-9-25-12-16/h1-6,9,12,14H,7-8,10-11,13H2. The number of carbonyl (C=O) groups excluding carboxylic acids is 1. The molecule has 1 saturated heterocycles. The molecule has 6 nitrogen and oxygen atoms in total. The summed E-state index contributed by atoms with van der Waals surface area (Å²) in [6.07, 6.45) is 0.311. The summed E-state index contributed by atoms with van der Waals surface area (Å²) in [6.45, 7) is 1.87. The van der Waals surface area contributed by atoms with Gasteiger partial charge in [0.2, 0.25) is 11.7 Å². The first-order valence-electron chi connectivity index (χ1n) is 9.57. The van der Waals surface area contributed by atoms with E-state index in [1.165, 1.54) is 12.1 Å². The Morgan fingerprint density at radius 3 is 2.50 bits per heavy atom. The first-order chi connectivity index (χ1) is 14.4. The van der Waals surface area contributed by atoms with Gasteiger partial charge in [0.25, 0.3) is 0 Å². The van der Waals surface area contributed by atoms with Gasteiger partial charge >= 0.3 is 6.18 Å². The first-order valence-corrected chi connectivity index (χ1v) is 9.57. The summed E-state index contributed by atoms with van der Waals surface area (Å²) in [7, 11) is 0. The van der Waals surface area contributed by atoms with Crippen molar-refractivity contribution in [1.29, 1.82) is 0 Å². The van der Waals surface area contributed by atoms with E-state index < -0.39 is 11.7 Å². The number of Topliss-reactive ketones (excluding diaryl/α,β-unsaturated/α-hetero) is 1. The zero-order chi connectivity index (χ0) is 21.1. The summed E-state index contributed by atoms with van der Waals surface area (Å²) in [5.74, 6) is 0.725. The second-order valence-corrected chi connectivity index (χ2v) is 7.24. The van der Waals surface area contributed by atoms with Crippen LogP contribution in [0.4, 0.5) is 13.2 Å². The lowest BCUT2D eigenvalue weighted by atomic mass is 9.89. The van der Waals surface area contributed by atoms with Gasteiger partial charge in [0.05, 0.1) is 12.1 Å². The van der Waals surface area contributed by atoms with Crippen LogP contribution < -0.4 is 0 Å². The maximum Gasteiger partial charge on any atom is 0.416 e. The van der Waals surface area contributed by atoms with Crippen LogP contribution in [0.3, 0.4) is 0 Å². The molecule has 2 aromatic heterocycles. The minimum atomic E-state index is -4.38. The Kier molecular flexibility index (Phi) is 5.63. The fourth-order valence-electron chi connectivity index (χ4n) is 3.53. The van der Waals surface area contributed by atoms with E-state index in [0.717, 1.165) is 25.0 Å². The fraction of sp³-hybridized carbons (Fsp3) is 0.333. The van der Waals surface area contributed by atoms with E-state index in [1.807, 2.05) is 0 Å². The van der Waals surface area contributed by atoms with Crippen molar-refractivity contribution in [2.24, 2.45) is 5.92 Å². The SMILES string of the molecule is O=C(c1cccnc1)C1CCN(Cc2nc(-c3ccc(C(F)(F)F)cc3)no2)CC1. The quantitative estimate of drug-likeness (QED) is 0.579. The van der Waals surface area contributed by atoms with E-state index in [0.29, 0.717) is 36.7 Å². The van der Waals surface area contributed by atoms with Crippen LogP contribution in [0.25, 0.3) is 11.4 Å². The van der Waals surface area contributed by atoms with E-state index in [4.69, 9.17) is 4.52 Å². The predicted molar refractivity (Wildman–Crippen MR) is 101 cm³/mol. The van der Waals surface area contributed by atoms with Crippen molar-refractivity contribution >= 4 is 5.78 Å². The molecule has 0 spiro atoms. The monoisotopic (exact) mass is 416 g/mol. The van der Waals surface area contributed by atoms with Crippen LogP contribution in [-0.4, -0.2) is 38.9 Å². The highest BCUT2D eigenvalue weighted by atomic mass is 19.4. The predicted octanol–water partition coefficient (Wildman–Crippen LogP) is 4.25. The highest BCUT2D eigenvalue weighted by Gasteiger charge is 2.30. The number of halogens is 3. The molecule has 9 heteroatoms. The van der Waals surface area contributed by atoms with Crippen LogP contribution in [0, 0.1) is 5.92 Å². The third kappa shape index (κ3) is 4.56. The normalized spacial score (nSPS) is 16.0. The van der Waals surface area contributed by atoms with E-state index in [1.54, 1.807) is 24.5 Å². The Balaban J connectivity index is 1.33. The number of carbonyl (C=O) groups is 1. The molecule has 0 atom stereocenters. The molecule has 1 aliphatic heterocycles. The van der Waals surface area contributed by atoms with Crippen molar-refractivity contribution in [3.63, 3.8) is 0 Å². The van der Waals surface area contributed by atoms with E-state index in [9.17, 15) is 18.0 Å². The van der Waals surface area contributed by atoms with Gasteiger partial charge < -0.3 is 4.52 Å². The van der Waals surface area contributed by atoms with Crippen LogP contribution in [0.5, 0.6) is 0 Å². The summed E-state index contributed by atoms with van der Waals surface area (Å²) in [5.41, 5.74) is 0.367. The molecule has 3 heterocycles. The number of rotatable bonds is 5. The summed E-state index contributed by atoms with van der Waals surface area (Å²) in [4.78, 5) is 23.0. The molecule has 1 aliphatic rings. The molecule has 0 amide bonds. The highest BCUT2D eigenvalue weighted by molar-refractivity contribution is 5.97. The maximum absolute atomic E-state index is 12.7. The number of nitrogens with zero attached hydrogens (tertiary/aromatic N) is 4. The lowest BCUT2D eigenvalue weighted by molar-refractivity contribution is -0.137. The molecule has 0 N–H and O–H groups in total. The van der Waals surface area contributed by atoms with Crippen molar-refractivity contribution in [1.82, 2.24) is 20.0 Å². The fourth-order valence-corrected chi connectivity index (χ4v) is 3.53. The molecule has 30 heavy (non-hydrogen) atoms. The van der Waals surface area contributed by atoms with E-state index in [2.05, 4.69) is 20.0 Å². The number of hydrogen-bond donors (Lipinski definition) is 0. The van der Waals surface area contributed by atoms with Gasteiger partial charge in [-0.15, -0.1) is 0 Å². The molecule has 1 aromatic carbocycles. The number of ketones is 1. The van der Waals surface area contributed by atoms with Crippen molar-refractivity contribution in [3.05, 3.63) is 65.8 Å². The minimum Gasteiger partial charge on any atom is -0.338 e. The summed E-state index contributed by atoms with van der Waals surface area (Å²) in [5, 5.41) is 3.87. The largest absolute Gasteiger partial charge is 0.416 e. The highest BCUT2D eigenvalue weighted by Crippen LogP contribution is 2.30. The summed E-state index contributed by atoms with van der Waals surface area (Å²) >= 11 is 0. The molecule has 0 radical (unpaired) electrons. The Hall–Kier alpha value is -3.07. The molecule has 0 aliphatic carbocycles. The zero-order valence-corrected chi connectivity index (χ0v) is 16.0. The molecule has 0 unspecified atom stereocenters. The van der Waals surface area contributed by atoms with Gasteiger partial charge in [-0.05, 0) is 50.2 Å². The number of benzene rings is 1. The van der Waals surface area contributed by atoms with Gasteiger partial charge in [0, 0.05) is 29.4 Å². The second kappa shape index (κ2) is 8.35. The molecular weight excluding hydrogens is 397 g/mol. The lowest BCUT2D eigenvalue weighted by Gasteiger charge is -2.30. The topological polar surface area (TPSA) is 72.1 Å².